The van der Waals surface area contributed by atoms with Crippen molar-refractivity contribution in [3.05, 3.63) is 113 Å². The van der Waals surface area contributed by atoms with E-state index in [1.165, 1.54) is 18.4 Å². The highest BCUT2D eigenvalue weighted by Crippen LogP contribution is 2.62. The van der Waals surface area contributed by atoms with Crippen LogP contribution in [0.3, 0.4) is 0 Å². The lowest BCUT2D eigenvalue weighted by Gasteiger charge is -2.60. The van der Waals surface area contributed by atoms with Crippen LogP contribution in [0.4, 0.5) is 0 Å². The highest BCUT2D eigenvalue weighted by atomic mass is 16.7. The van der Waals surface area contributed by atoms with E-state index in [9.17, 15) is 20.1 Å². The Morgan fingerprint density at radius 1 is 0.892 bits per heavy atom. The van der Waals surface area contributed by atoms with E-state index in [2.05, 4.69) is 44.7 Å². The molecule has 0 bridgehead atoms. The van der Waals surface area contributed by atoms with Gasteiger partial charge in [-0.2, -0.15) is 0 Å². The van der Waals surface area contributed by atoms with Gasteiger partial charge in [0.25, 0.3) is 0 Å². The van der Waals surface area contributed by atoms with Crippen molar-refractivity contribution >= 4 is 11.6 Å². The second-order valence-electron chi connectivity index (χ2n) is 18.5. The van der Waals surface area contributed by atoms with Gasteiger partial charge in [-0.25, -0.2) is 0 Å². The lowest BCUT2D eigenvalue weighted by Crippen LogP contribution is -2.70. The topological polar surface area (TPSA) is 140 Å². The van der Waals surface area contributed by atoms with Gasteiger partial charge >= 0.3 is 0 Å². The molecule has 0 unspecified atom stereocenters. The standard InChI is InChI=1S/C54H72N2O9/c1-4-30-62-54-50(56(26-31-61-32-29-59)51(60)25-21-40-14-8-9-15-40)36-48(55-63-37-41-16-6-5-7-17-41)46-34-42(18-10-12-27-57)45(19-11-13-28-58)52(53(46)54)47-35-44(23-24-49(47)65-54)64-43-22-20-38(2)39(3)33-43/h4-7,16-17,20,22-24,33-35,40,42,45,50,52-53,57-59H,1,8-15,18-19,21,25-32,36-37H2,2-3H3/t42-,45+,50-,52+,53+,54+/m0/s1. The summed E-state index contributed by atoms with van der Waals surface area (Å²) in [6.07, 6.45) is 15.0. The van der Waals surface area contributed by atoms with Crippen LogP contribution in [0.15, 0.2) is 96.2 Å². The van der Waals surface area contributed by atoms with Crippen LogP contribution >= 0.6 is 0 Å². The molecule has 7 rings (SSSR count). The summed E-state index contributed by atoms with van der Waals surface area (Å²) in [7, 11) is 0. The number of benzene rings is 3. The third-order valence-corrected chi connectivity index (χ3v) is 14.3. The van der Waals surface area contributed by atoms with Crippen LogP contribution in [0.25, 0.3) is 0 Å². The van der Waals surface area contributed by atoms with Crippen molar-refractivity contribution in [3.8, 4) is 17.2 Å². The summed E-state index contributed by atoms with van der Waals surface area (Å²) in [6.45, 7) is 9.46. The van der Waals surface area contributed by atoms with Gasteiger partial charge in [0.2, 0.25) is 11.7 Å². The summed E-state index contributed by atoms with van der Waals surface area (Å²) in [4.78, 5) is 23.2. The minimum absolute atomic E-state index is 0.00771. The number of aryl methyl sites for hydroxylation is 2. The third kappa shape index (κ3) is 11.7. The molecule has 2 saturated carbocycles. The van der Waals surface area contributed by atoms with Crippen LogP contribution in [0.5, 0.6) is 17.2 Å². The van der Waals surface area contributed by atoms with E-state index < -0.39 is 17.7 Å². The zero-order chi connectivity index (χ0) is 45.6. The van der Waals surface area contributed by atoms with Crippen LogP contribution in [0.1, 0.15) is 112 Å². The summed E-state index contributed by atoms with van der Waals surface area (Å²) < 4.78 is 27.2. The molecule has 4 aliphatic rings. The van der Waals surface area contributed by atoms with Crippen LogP contribution in [-0.2, 0) is 25.7 Å². The van der Waals surface area contributed by atoms with Gasteiger partial charge in [0.15, 0.2) is 0 Å². The minimum atomic E-state index is -1.38. The smallest absolute Gasteiger partial charge is 0.239 e. The number of nitrogens with zero attached hydrogens (tertiary/aromatic N) is 2. The molecule has 352 valence electrons. The molecule has 0 aromatic heterocycles. The number of fused-ring (bicyclic) bond motifs is 2. The van der Waals surface area contributed by atoms with Crippen LogP contribution in [0, 0.1) is 37.5 Å². The number of ether oxygens (including phenoxy) is 4. The number of amides is 1. The van der Waals surface area contributed by atoms with Crippen molar-refractivity contribution < 1.29 is 43.9 Å². The number of hydrogen-bond acceptors (Lipinski definition) is 10. The zero-order valence-corrected chi connectivity index (χ0v) is 38.7. The SMILES string of the molecule is C=CCO[C@@]12Oc3ccc(Oc4ccc(C)c(C)c4)cc3[C@H]3[C@H](CCCCO)[C@@H](CCCCO)C=C(C(=NOCc4ccccc4)C[C@@H]1N(CCOCCO)C(=O)CCC1CCCC1)[C@H]32. The molecule has 1 heterocycles. The molecule has 1 aliphatic heterocycles. The van der Waals surface area contributed by atoms with E-state index in [1.54, 1.807) is 6.08 Å². The van der Waals surface area contributed by atoms with Crippen molar-refractivity contribution in [2.24, 2.45) is 28.8 Å². The van der Waals surface area contributed by atoms with E-state index in [4.69, 9.17) is 28.9 Å². The summed E-state index contributed by atoms with van der Waals surface area (Å²) >= 11 is 0. The fraction of sp³-hybridized carbons (Fsp3) is 0.556. The number of aliphatic hydroxyl groups excluding tert-OH is 3. The Balaban J connectivity index is 1.41. The maximum atomic E-state index is 15.0. The van der Waals surface area contributed by atoms with Gasteiger partial charge in [-0.15, -0.1) is 6.58 Å². The molecule has 6 atom stereocenters. The van der Waals surface area contributed by atoms with E-state index >= 15 is 0 Å². The fourth-order valence-electron chi connectivity index (χ4n) is 10.9. The first-order chi connectivity index (χ1) is 31.8. The summed E-state index contributed by atoms with van der Waals surface area (Å²) in [6, 6.07) is 21.5. The van der Waals surface area contributed by atoms with Crippen molar-refractivity contribution in [1.29, 1.82) is 0 Å². The average Bonchev–Trinajstić information content (AvgIpc) is 3.85. The molecule has 11 heteroatoms. The van der Waals surface area contributed by atoms with Crippen molar-refractivity contribution in [1.82, 2.24) is 4.90 Å². The van der Waals surface area contributed by atoms with Gasteiger partial charge in [0, 0.05) is 44.1 Å². The lowest BCUT2D eigenvalue weighted by atomic mass is 9.55. The summed E-state index contributed by atoms with van der Waals surface area (Å²) in [5, 5.41) is 34.7. The van der Waals surface area contributed by atoms with Gasteiger partial charge in [-0.1, -0.05) is 92.2 Å². The minimum Gasteiger partial charge on any atom is -0.459 e. The monoisotopic (exact) mass is 893 g/mol. The number of carbonyl (C=O) groups excluding carboxylic acids is 1. The van der Waals surface area contributed by atoms with E-state index in [0.29, 0.717) is 43.1 Å². The number of hydrogen-bond donors (Lipinski definition) is 3. The molecule has 3 aliphatic carbocycles. The number of aliphatic hydroxyl groups is 3. The van der Waals surface area contributed by atoms with Crippen molar-refractivity contribution in [3.63, 3.8) is 0 Å². The van der Waals surface area contributed by atoms with Crippen LogP contribution in [0.2, 0.25) is 0 Å². The molecule has 0 spiro atoms. The highest BCUT2D eigenvalue weighted by molar-refractivity contribution is 6.03. The predicted octanol–water partition coefficient (Wildman–Crippen LogP) is 9.74. The Labute approximate surface area is 386 Å². The second-order valence-corrected chi connectivity index (χ2v) is 18.5. The number of carbonyl (C=O) groups is 1. The first-order valence-electron chi connectivity index (χ1n) is 24.3. The van der Waals surface area contributed by atoms with Gasteiger partial charge in [0.05, 0.1) is 38.1 Å². The Kier molecular flexibility index (Phi) is 17.7. The number of rotatable bonds is 25. The van der Waals surface area contributed by atoms with Crippen LogP contribution in [-0.4, -0.2) is 89.9 Å². The molecule has 11 nitrogen and oxygen atoms in total. The molecular weight excluding hydrogens is 821 g/mol. The zero-order valence-electron chi connectivity index (χ0n) is 38.7. The van der Waals surface area contributed by atoms with Gasteiger partial charge < -0.3 is 44.0 Å². The second kappa shape index (κ2) is 23.8. The molecule has 0 saturated heterocycles. The maximum Gasteiger partial charge on any atom is 0.239 e. The van der Waals surface area contributed by atoms with E-state index in [1.807, 2.05) is 53.4 Å². The average molecular weight is 893 g/mol. The summed E-state index contributed by atoms with van der Waals surface area (Å²) in [5.41, 5.74) is 6.05. The van der Waals surface area contributed by atoms with Gasteiger partial charge in [-0.05, 0) is 116 Å². The molecule has 3 N–H and O–H groups in total. The van der Waals surface area contributed by atoms with E-state index in [-0.39, 0.29) is 76.5 Å². The first kappa shape index (κ1) is 48.4. The first-order valence-corrected chi connectivity index (χ1v) is 24.3. The largest absolute Gasteiger partial charge is 0.459 e. The predicted molar refractivity (Wildman–Crippen MR) is 253 cm³/mol. The van der Waals surface area contributed by atoms with Gasteiger partial charge in [0.1, 0.15) is 29.9 Å². The van der Waals surface area contributed by atoms with Crippen molar-refractivity contribution in [2.75, 3.05) is 46.2 Å². The normalized spacial score (nSPS) is 24.2. The highest BCUT2D eigenvalue weighted by Gasteiger charge is 2.65. The maximum absolute atomic E-state index is 15.0. The molecule has 65 heavy (non-hydrogen) atoms. The number of unbranched alkanes of at least 4 members (excludes halogenated alkanes) is 2. The Morgan fingerprint density at radius 3 is 2.38 bits per heavy atom. The Bertz CT molecular complexity index is 2070. The third-order valence-electron chi connectivity index (χ3n) is 14.3. The Hall–Kier alpha value is -4.52. The Morgan fingerprint density at radius 2 is 1.65 bits per heavy atom. The molecule has 1 amide bonds. The van der Waals surface area contributed by atoms with Gasteiger partial charge in [-0.3, -0.25) is 4.79 Å². The molecule has 3 aromatic rings. The quantitative estimate of drug-likeness (QED) is 0.0431. The number of allylic oxidation sites excluding steroid dienone is 1. The summed E-state index contributed by atoms with van der Waals surface area (Å²) in [5.74, 6) is 0.795. The van der Waals surface area contributed by atoms with Crippen molar-refractivity contribution in [2.45, 2.75) is 122 Å². The lowest BCUT2D eigenvalue weighted by molar-refractivity contribution is -0.258. The molecular formula is C54H72N2O9. The van der Waals surface area contributed by atoms with E-state index in [0.717, 1.165) is 78.7 Å². The number of oxime groups is 1. The van der Waals surface area contributed by atoms with Crippen LogP contribution < -0.4 is 9.47 Å². The molecule has 2 fully saturated rings. The fourth-order valence-corrected chi connectivity index (χ4v) is 10.9. The molecule has 3 aromatic carbocycles. The molecule has 0 radical (unpaired) electrons.